The summed E-state index contributed by atoms with van der Waals surface area (Å²) in [6.07, 6.45) is 0.201. The van der Waals surface area contributed by atoms with Crippen LogP contribution in [0.3, 0.4) is 0 Å². The molecule has 6 heteroatoms. The van der Waals surface area contributed by atoms with Crippen LogP contribution < -0.4 is 10.1 Å². The third kappa shape index (κ3) is 5.80. The molecule has 2 rings (SSSR count). The van der Waals surface area contributed by atoms with Gasteiger partial charge in [-0.05, 0) is 36.2 Å². The van der Waals surface area contributed by atoms with Gasteiger partial charge in [-0.15, -0.1) is 0 Å². The molecule has 0 aromatic heterocycles. The molecular formula is C19H20ClNO4. The normalized spacial score (nSPS) is 11.5. The number of carbonyl (C=O) groups excluding carboxylic acids is 2. The van der Waals surface area contributed by atoms with E-state index in [1.165, 1.54) is 7.11 Å². The van der Waals surface area contributed by atoms with E-state index in [0.717, 1.165) is 11.1 Å². The third-order valence-electron chi connectivity index (χ3n) is 3.62. The maximum absolute atomic E-state index is 12.0. The van der Waals surface area contributed by atoms with Crippen LogP contribution in [0.15, 0.2) is 48.5 Å². The zero-order valence-electron chi connectivity index (χ0n) is 14.1. The first-order chi connectivity index (χ1) is 12.0. The first kappa shape index (κ1) is 18.8. The molecule has 132 valence electrons. The second kappa shape index (κ2) is 9.08. The first-order valence-corrected chi connectivity index (χ1v) is 8.19. The van der Waals surface area contributed by atoms with E-state index in [4.69, 9.17) is 16.3 Å². The Morgan fingerprint density at radius 2 is 1.80 bits per heavy atom. The SMILES string of the molecule is COC(=O)Cc1ccc(OCC(=O)N[C@H](C)c2ccccc2Cl)cc1. The van der Waals surface area contributed by atoms with E-state index in [2.05, 4.69) is 10.1 Å². The number of halogens is 1. The molecule has 0 radical (unpaired) electrons. The zero-order chi connectivity index (χ0) is 18.2. The van der Waals surface area contributed by atoms with Crippen LogP contribution in [0.5, 0.6) is 5.75 Å². The number of esters is 1. The molecule has 0 aliphatic rings. The summed E-state index contributed by atoms with van der Waals surface area (Å²) < 4.78 is 10.1. The van der Waals surface area contributed by atoms with Crippen molar-refractivity contribution >= 4 is 23.5 Å². The first-order valence-electron chi connectivity index (χ1n) is 7.82. The lowest BCUT2D eigenvalue weighted by Crippen LogP contribution is -2.31. The number of hydrogen-bond donors (Lipinski definition) is 1. The summed E-state index contributed by atoms with van der Waals surface area (Å²) in [7, 11) is 1.35. The molecular weight excluding hydrogens is 342 g/mol. The molecule has 25 heavy (non-hydrogen) atoms. The minimum absolute atomic E-state index is 0.106. The molecule has 2 aromatic rings. The molecule has 0 heterocycles. The molecule has 2 aromatic carbocycles. The third-order valence-corrected chi connectivity index (χ3v) is 3.96. The van der Waals surface area contributed by atoms with Crippen molar-refractivity contribution in [2.75, 3.05) is 13.7 Å². The van der Waals surface area contributed by atoms with Crippen molar-refractivity contribution in [2.24, 2.45) is 0 Å². The lowest BCUT2D eigenvalue weighted by atomic mass is 10.1. The monoisotopic (exact) mass is 361 g/mol. The molecule has 0 spiro atoms. The van der Waals surface area contributed by atoms with Gasteiger partial charge in [-0.2, -0.15) is 0 Å². The lowest BCUT2D eigenvalue weighted by Gasteiger charge is -2.16. The molecule has 0 unspecified atom stereocenters. The minimum Gasteiger partial charge on any atom is -0.484 e. The summed E-state index contributed by atoms with van der Waals surface area (Å²) in [6.45, 7) is 1.76. The van der Waals surface area contributed by atoms with Crippen molar-refractivity contribution in [1.82, 2.24) is 5.32 Å². The van der Waals surface area contributed by atoms with Gasteiger partial charge in [0.05, 0.1) is 19.6 Å². The number of hydrogen-bond acceptors (Lipinski definition) is 4. The predicted octanol–water partition coefficient (Wildman–Crippen LogP) is 3.31. The Balaban J connectivity index is 1.83. The largest absolute Gasteiger partial charge is 0.484 e. The Labute approximate surface area is 151 Å². The number of ether oxygens (including phenoxy) is 2. The molecule has 0 bridgehead atoms. The number of benzene rings is 2. The highest BCUT2D eigenvalue weighted by molar-refractivity contribution is 6.31. The highest BCUT2D eigenvalue weighted by atomic mass is 35.5. The maximum atomic E-state index is 12.0. The van der Waals surface area contributed by atoms with Crippen molar-refractivity contribution in [3.63, 3.8) is 0 Å². The van der Waals surface area contributed by atoms with E-state index < -0.39 is 0 Å². The van der Waals surface area contributed by atoms with Crippen LogP contribution in [0.1, 0.15) is 24.1 Å². The van der Waals surface area contributed by atoms with Crippen LogP contribution in [0.2, 0.25) is 5.02 Å². The number of amides is 1. The highest BCUT2D eigenvalue weighted by Gasteiger charge is 2.12. The van der Waals surface area contributed by atoms with E-state index in [-0.39, 0.29) is 30.9 Å². The van der Waals surface area contributed by atoms with Crippen molar-refractivity contribution in [1.29, 1.82) is 0 Å². The Morgan fingerprint density at radius 1 is 1.12 bits per heavy atom. The minimum atomic E-state index is -0.304. The fraction of sp³-hybridized carbons (Fsp3) is 0.263. The van der Waals surface area contributed by atoms with Gasteiger partial charge < -0.3 is 14.8 Å². The van der Waals surface area contributed by atoms with Gasteiger partial charge >= 0.3 is 5.97 Å². The van der Waals surface area contributed by atoms with Gasteiger partial charge in [0.1, 0.15) is 5.75 Å². The Hall–Kier alpha value is -2.53. The molecule has 0 saturated carbocycles. The number of carbonyl (C=O) groups is 2. The quantitative estimate of drug-likeness (QED) is 0.768. The van der Waals surface area contributed by atoms with Crippen LogP contribution in [-0.4, -0.2) is 25.6 Å². The fourth-order valence-electron chi connectivity index (χ4n) is 2.28. The summed E-state index contributed by atoms with van der Waals surface area (Å²) in [6, 6.07) is 14.1. The summed E-state index contributed by atoms with van der Waals surface area (Å²) in [5.41, 5.74) is 1.67. The number of nitrogens with one attached hydrogen (secondary N) is 1. The summed E-state index contributed by atoms with van der Waals surface area (Å²) >= 11 is 6.12. The predicted molar refractivity (Wildman–Crippen MR) is 95.7 cm³/mol. The van der Waals surface area contributed by atoms with E-state index in [1.54, 1.807) is 30.3 Å². The van der Waals surface area contributed by atoms with Gasteiger partial charge in [-0.3, -0.25) is 9.59 Å². The average molecular weight is 362 g/mol. The standard InChI is InChI=1S/C19H20ClNO4/c1-13(16-5-3-4-6-17(16)20)21-18(22)12-25-15-9-7-14(8-10-15)11-19(23)24-2/h3-10,13H,11-12H2,1-2H3,(H,21,22)/t13-/m1/s1. The Morgan fingerprint density at radius 3 is 2.44 bits per heavy atom. The smallest absolute Gasteiger partial charge is 0.309 e. The molecule has 5 nitrogen and oxygen atoms in total. The van der Waals surface area contributed by atoms with Gasteiger partial charge in [-0.1, -0.05) is 41.9 Å². The highest BCUT2D eigenvalue weighted by Crippen LogP contribution is 2.22. The Kier molecular flexibility index (Phi) is 6.83. The molecule has 1 N–H and O–H groups in total. The molecule has 0 saturated heterocycles. The Bertz CT molecular complexity index is 730. The van der Waals surface area contributed by atoms with Crippen LogP contribution in [0.25, 0.3) is 0 Å². The van der Waals surface area contributed by atoms with E-state index >= 15 is 0 Å². The van der Waals surface area contributed by atoms with E-state index in [0.29, 0.717) is 10.8 Å². The van der Waals surface area contributed by atoms with Gasteiger partial charge in [0.2, 0.25) is 0 Å². The molecule has 0 fully saturated rings. The molecule has 0 aliphatic heterocycles. The van der Waals surface area contributed by atoms with E-state index in [1.807, 2.05) is 25.1 Å². The topological polar surface area (TPSA) is 64.6 Å². The summed E-state index contributed by atoms with van der Waals surface area (Å²) in [4.78, 5) is 23.2. The lowest BCUT2D eigenvalue weighted by molar-refractivity contribution is -0.139. The second-order valence-corrected chi connectivity index (χ2v) is 5.90. The van der Waals surface area contributed by atoms with Gasteiger partial charge in [-0.25, -0.2) is 0 Å². The average Bonchev–Trinajstić information content (AvgIpc) is 2.61. The number of rotatable bonds is 7. The van der Waals surface area contributed by atoms with Crippen LogP contribution in [0.4, 0.5) is 0 Å². The molecule has 0 aliphatic carbocycles. The van der Waals surface area contributed by atoms with Crippen molar-refractivity contribution in [3.05, 3.63) is 64.7 Å². The molecule has 1 atom stereocenters. The van der Waals surface area contributed by atoms with Gasteiger partial charge in [0, 0.05) is 5.02 Å². The van der Waals surface area contributed by atoms with Crippen LogP contribution in [0, 0.1) is 0 Å². The van der Waals surface area contributed by atoms with Crippen molar-refractivity contribution < 1.29 is 19.1 Å². The van der Waals surface area contributed by atoms with Gasteiger partial charge in [0.15, 0.2) is 6.61 Å². The number of methoxy groups -OCH3 is 1. The second-order valence-electron chi connectivity index (χ2n) is 5.50. The van der Waals surface area contributed by atoms with Crippen molar-refractivity contribution in [3.8, 4) is 5.75 Å². The van der Waals surface area contributed by atoms with Crippen LogP contribution >= 0.6 is 11.6 Å². The maximum Gasteiger partial charge on any atom is 0.309 e. The molecule has 1 amide bonds. The van der Waals surface area contributed by atoms with Crippen molar-refractivity contribution in [2.45, 2.75) is 19.4 Å². The summed E-state index contributed by atoms with van der Waals surface area (Å²) in [5, 5.41) is 3.45. The fourth-order valence-corrected chi connectivity index (χ4v) is 2.58. The van der Waals surface area contributed by atoms with Gasteiger partial charge in [0.25, 0.3) is 5.91 Å². The van der Waals surface area contributed by atoms with E-state index in [9.17, 15) is 9.59 Å². The van der Waals surface area contributed by atoms with Crippen LogP contribution in [-0.2, 0) is 20.7 Å². The zero-order valence-corrected chi connectivity index (χ0v) is 14.9. The summed E-state index contributed by atoms with van der Waals surface area (Å²) in [5.74, 6) is 0.00169.